The molecular weight excluding hydrogens is 261 g/mol. The summed E-state index contributed by atoms with van der Waals surface area (Å²) in [5.74, 6) is 0. The Hall–Kier alpha value is -1.04. The van der Waals surface area contributed by atoms with Crippen LogP contribution in [0.15, 0.2) is 22.9 Å². The van der Waals surface area contributed by atoms with Gasteiger partial charge < -0.3 is 4.98 Å². The second kappa shape index (κ2) is 2.98. The van der Waals surface area contributed by atoms with Crippen molar-refractivity contribution in [2.75, 3.05) is 0 Å². The lowest BCUT2D eigenvalue weighted by atomic mass is 10.2. The smallest absolute Gasteiger partial charge is 0.360 e. The Morgan fingerprint density at radius 3 is 2.71 bits per heavy atom. The van der Waals surface area contributed by atoms with Crippen LogP contribution in [0.5, 0.6) is 0 Å². The van der Waals surface area contributed by atoms with E-state index in [4.69, 9.17) is 0 Å². The number of nitrogens with one attached hydrogen (secondary N) is 1. The molecule has 0 saturated carbocycles. The molecule has 2 aromatic heterocycles. The molecule has 2 rings (SSSR count). The molecule has 6 heteroatoms. The summed E-state index contributed by atoms with van der Waals surface area (Å²) in [4.78, 5) is 6.07. The maximum Gasteiger partial charge on any atom is 0.434 e. The molecule has 2 aromatic rings. The van der Waals surface area contributed by atoms with Crippen LogP contribution in [0.2, 0.25) is 0 Å². The van der Waals surface area contributed by atoms with E-state index in [0.29, 0.717) is 9.99 Å². The van der Waals surface area contributed by atoms with Gasteiger partial charge in [-0.2, -0.15) is 13.2 Å². The van der Waals surface area contributed by atoms with Crippen LogP contribution < -0.4 is 0 Å². The van der Waals surface area contributed by atoms with Gasteiger partial charge in [0.2, 0.25) is 0 Å². The quantitative estimate of drug-likeness (QED) is 0.777. The maximum absolute atomic E-state index is 12.4. The van der Waals surface area contributed by atoms with Crippen molar-refractivity contribution in [3.63, 3.8) is 0 Å². The normalized spacial score (nSPS) is 12.3. The Bertz CT molecular complexity index is 475. The van der Waals surface area contributed by atoms with Crippen molar-refractivity contribution in [2.45, 2.75) is 6.18 Å². The van der Waals surface area contributed by atoms with E-state index in [1.165, 1.54) is 12.3 Å². The number of fused-ring (bicyclic) bond motifs is 1. The number of pyridine rings is 1. The van der Waals surface area contributed by atoms with Crippen LogP contribution in [-0.4, -0.2) is 9.97 Å². The summed E-state index contributed by atoms with van der Waals surface area (Å²) >= 11 is 3.12. The van der Waals surface area contributed by atoms with Crippen LogP contribution in [0.25, 0.3) is 10.9 Å². The molecule has 0 aromatic carbocycles. The molecule has 0 amide bonds. The first kappa shape index (κ1) is 9.51. The first-order chi connectivity index (χ1) is 6.50. The maximum atomic E-state index is 12.4. The number of hydrogen-bond donors (Lipinski definition) is 1. The molecule has 0 atom stereocenters. The monoisotopic (exact) mass is 264 g/mol. The third-order valence-corrected chi connectivity index (χ3v) is 2.42. The molecule has 0 saturated heterocycles. The van der Waals surface area contributed by atoms with Crippen LogP contribution in [0.4, 0.5) is 13.2 Å². The molecule has 0 spiro atoms. The number of halogens is 4. The first-order valence-electron chi connectivity index (χ1n) is 3.69. The molecule has 0 radical (unpaired) electrons. The molecule has 14 heavy (non-hydrogen) atoms. The van der Waals surface area contributed by atoms with Gasteiger partial charge in [-0.1, -0.05) is 0 Å². The molecule has 0 unspecified atom stereocenters. The molecule has 0 fully saturated rings. The van der Waals surface area contributed by atoms with Crippen LogP contribution in [-0.2, 0) is 6.18 Å². The van der Waals surface area contributed by atoms with Gasteiger partial charge in [0.05, 0.1) is 9.99 Å². The van der Waals surface area contributed by atoms with Gasteiger partial charge in [0.15, 0.2) is 5.69 Å². The lowest BCUT2D eigenvalue weighted by molar-refractivity contribution is -0.139. The van der Waals surface area contributed by atoms with Gasteiger partial charge in [0.25, 0.3) is 0 Å². The van der Waals surface area contributed by atoms with E-state index >= 15 is 0 Å². The Morgan fingerprint density at radius 1 is 1.36 bits per heavy atom. The number of aromatic amines is 1. The molecular formula is C8H4BrF3N2. The summed E-state index contributed by atoms with van der Waals surface area (Å²) in [6, 6.07) is 1.36. The van der Waals surface area contributed by atoms with Gasteiger partial charge in [-0.15, -0.1) is 0 Å². The SMILES string of the molecule is FC(F)(F)c1ncc(Br)c2[nH]ccc12. The summed E-state index contributed by atoms with van der Waals surface area (Å²) in [5.41, 5.74) is -0.454. The minimum absolute atomic E-state index is 0.0758. The summed E-state index contributed by atoms with van der Waals surface area (Å²) < 4.78 is 37.8. The minimum Gasteiger partial charge on any atom is -0.360 e. The Morgan fingerprint density at radius 2 is 2.07 bits per heavy atom. The van der Waals surface area contributed by atoms with E-state index in [2.05, 4.69) is 25.9 Å². The van der Waals surface area contributed by atoms with Gasteiger partial charge in [0.1, 0.15) is 0 Å². The zero-order valence-electron chi connectivity index (χ0n) is 6.69. The minimum atomic E-state index is -4.42. The van der Waals surface area contributed by atoms with Crippen LogP contribution in [0.1, 0.15) is 5.69 Å². The van der Waals surface area contributed by atoms with E-state index in [1.807, 2.05) is 0 Å². The standard InChI is InChI=1S/C8H4BrF3N2/c9-5-3-14-7(8(10,11)12)4-1-2-13-6(4)5/h1-3,13H. The highest BCUT2D eigenvalue weighted by molar-refractivity contribution is 9.10. The predicted octanol–water partition coefficient (Wildman–Crippen LogP) is 3.34. The molecule has 1 N–H and O–H groups in total. The Labute approximate surface area is 85.3 Å². The van der Waals surface area contributed by atoms with Gasteiger partial charge in [-0.25, -0.2) is 4.98 Å². The molecule has 0 aliphatic carbocycles. The van der Waals surface area contributed by atoms with Crippen LogP contribution >= 0.6 is 15.9 Å². The second-order valence-electron chi connectivity index (χ2n) is 2.72. The zero-order chi connectivity index (χ0) is 10.3. The average Bonchev–Trinajstić information content (AvgIpc) is 2.50. The third kappa shape index (κ3) is 1.39. The fraction of sp³-hybridized carbons (Fsp3) is 0.125. The summed E-state index contributed by atoms with van der Waals surface area (Å²) in [5, 5.41) is 0.0758. The Balaban J connectivity index is 2.80. The molecule has 2 heterocycles. The van der Waals surface area contributed by atoms with E-state index < -0.39 is 11.9 Å². The number of nitrogens with zero attached hydrogens (tertiary/aromatic N) is 1. The van der Waals surface area contributed by atoms with Gasteiger partial charge in [0, 0.05) is 17.8 Å². The molecule has 0 bridgehead atoms. The highest BCUT2D eigenvalue weighted by Crippen LogP contribution is 2.34. The second-order valence-corrected chi connectivity index (χ2v) is 3.57. The first-order valence-corrected chi connectivity index (χ1v) is 4.48. The van der Waals surface area contributed by atoms with Gasteiger partial charge in [-0.05, 0) is 22.0 Å². The summed E-state index contributed by atoms with van der Waals surface area (Å²) in [7, 11) is 0. The Kier molecular flexibility index (Phi) is 2.02. The molecule has 0 aliphatic heterocycles. The van der Waals surface area contributed by atoms with Crippen molar-refractivity contribution >= 4 is 26.8 Å². The molecule has 74 valence electrons. The van der Waals surface area contributed by atoms with Crippen molar-refractivity contribution < 1.29 is 13.2 Å². The van der Waals surface area contributed by atoms with E-state index in [-0.39, 0.29) is 5.39 Å². The van der Waals surface area contributed by atoms with Gasteiger partial charge in [-0.3, -0.25) is 0 Å². The number of H-pyrrole nitrogens is 1. The predicted molar refractivity (Wildman–Crippen MR) is 48.8 cm³/mol. The summed E-state index contributed by atoms with van der Waals surface area (Å²) in [6.07, 6.45) is -1.82. The number of rotatable bonds is 0. The number of hydrogen-bond acceptors (Lipinski definition) is 1. The number of aromatic nitrogens is 2. The lowest BCUT2D eigenvalue weighted by Crippen LogP contribution is -2.08. The highest BCUT2D eigenvalue weighted by atomic mass is 79.9. The topological polar surface area (TPSA) is 28.7 Å². The van der Waals surface area contributed by atoms with Crippen LogP contribution in [0, 0.1) is 0 Å². The number of alkyl halides is 3. The highest BCUT2D eigenvalue weighted by Gasteiger charge is 2.34. The fourth-order valence-electron chi connectivity index (χ4n) is 1.25. The van der Waals surface area contributed by atoms with Crippen molar-refractivity contribution in [1.82, 2.24) is 9.97 Å². The lowest BCUT2D eigenvalue weighted by Gasteiger charge is -2.06. The van der Waals surface area contributed by atoms with Crippen molar-refractivity contribution in [2.24, 2.45) is 0 Å². The summed E-state index contributed by atoms with van der Waals surface area (Å²) in [6.45, 7) is 0. The van der Waals surface area contributed by atoms with Crippen molar-refractivity contribution in [3.05, 3.63) is 28.6 Å². The average molecular weight is 265 g/mol. The molecule has 0 aliphatic rings. The largest absolute Gasteiger partial charge is 0.434 e. The van der Waals surface area contributed by atoms with Gasteiger partial charge >= 0.3 is 6.18 Å². The van der Waals surface area contributed by atoms with Crippen LogP contribution in [0.3, 0.4) is 0 Å². The molecule has 2 nitrogen and oxygen atoms in total. The van der Waals surface area contributed by atoms with Crippen molar-refractivity contribution in [1.29, 1.82) is 0 Å². The third-order valence-electron chi connectivity index (χ3n) is 1.82. The van der Waals surface area contributed by atoms with E-state index in [0.717, 1.165) is 6.20 Å². The van der Waals surface area contributed by atoms with E-state index in [1.54, 1.807) is 0 Å². The van der Waals surface area contributed by atoms with E-state index in [9.17, 15) is 13.2 Å². The van der Waals surface area contributed by atoms with Crippen molar-refractivity contribution in [3.8, 4) is 0 Å². The zero-order valence-corrected chi connectivity index (χ0v) is 8.28. The fourth-order valence-corrected chi connectivity index (χ4v) is 1.68.